The lowest BCUT2D eigenvalue weighted by atomic mass is 10.3. The molecule has 21 heavy (non-hydrogen) atoms. The zero-order chi connectivity index (χ0) is 14.8. The number of hydrogen-bond donors (Lipinski definition) is 1. The number of anilines is 2. The zero-order valence-corrected chi connectivity index (χ0v) is 12.4. The van der Waals surface area contributed by atoms with E-state index in [0.29, 0.717) is 16.7 Å². The summed E-state index contributed by atoms with van der Waals surface area (Å²) in [5, 5.41) is 7.70. The summed E-state index contributed by atoms with van der Waals surface area (Å²) in [6.45, 7) is 3.99. The molecule has 1 N–H and O–H groups in total. The number of fused-ring (bicyclic) bond motifs is 1. The van der Waals surface area contributed by atoms with Gasteiger partial charge in [-0.25, -0.2) is 0 Å². The lowest BCUT2D eigenvalue weighted by Gasteiger charge is -2.11. The highest BCUT2D eigenvalue weighted by atomic mass is 35.5. The number of benzene rings is 1. The average molecular weight is 304 g/mol. The van der Waals surface area contributed by atoms with Crippen molar-refractivity contribution < 1.29 is 4.74 Å². The van der Waals surface area contributed by atoms with Gasteiger partial charge < -0.3 is 10.1 Å². The molecule has 0 atom stereocenters. The van der Waals surface area contributed by atoms with E-state index in [-0.39, 0.29) is 6.10 Å². The van der Waals surface area contributed by atoms with Crippen LogP contribution in [0.2, 0.25) is 5.15 Å². The first-order valence-electron chi connectivity index (χ1n) is 6.52. The Hall–Kier alpha value is -2.34. The summed E-state index contributed by atoms with van der Waals surface area (Å²) in [5.74, 6) is 1.97. The molecule has 6 nitrogen and oxygen atoms in total. The maximum absolute atomic E-state index is 5.98. The normalized spacial score (nSPS) is 11.0. The van der Waals surface area contributed by atoms with Crippen LogP contribution in [0, 0.1) is 0 Å². The highest BCUT2D eigenvalue weighted by molar-refractivity contribution is 6.29. The maximum Gasteiger partial charge on any atom is 0.255 e. The highest BCUT2D eigenvalue weighted by Gasteiger charge is 2.07. The van der Waals surface area contributed by atoms with Crippen molar-refractivity contribution >= 4 is 28.9 Å². The molecule has 2 aromatic heterocycles. The van der Waals surface area contributed by atoms with Gasteiger partial charge in [0.2, 0.25) is 0 Å². The van der Waals surface area contributed by atoms with E-state index in [9.17, 15) is 0 Å². The third-order valence-electron chi connectivity index (χ3n) is 2.72. The van der Waals surface area contributed by atoms with Gasteiger partial charge in [0.1, 0.15) is 23.0 Å². The molecule has 0 aliphatic rings. The van der Waals surface area contributed by atoms with Crippen molar-refractivity contribution in [3.63, 3.8) is 0 Å². The molecule has 0 saturated carbocycles. The van der Waals surface area contributed by atoms with Crippen LogP contribution >= 0.6 is 11.6 Å². The SMILES string of the molecule is CC(C)Oc1ccc(Nc2cc(Cl)nc3ncnn23)cc1. The third-order valence-corrected chi connectivity index (χ3v) is 2.91. The molecule has 7 heteroatoms. The fourth-order valence-corrected chi connectivity index (χ4v) is 2.09. The molecular weight excluding hydrogens is 290 g/mol. The second-order valence-electron chi connectivity index (χ2n) is 4.75. The maximum atomic E-state index is 5.98. The Labute approximate surface area is 126 Å². The van der Waals surface area contributed by atoms with Crippen molar-refractivity contribution in [2.24, 2.45) is 0 Å². The molecule has 3 rings (SSSR count). The van der Waals surface area contributed by atoms with E-state index in [1.807, 2.05) is 38.1 Å². The molecule has 0 radical (unpaired) electrons. The lowest BCUT2D eigenvalue weighted by molar-refractivity contribution is 0.242. The van der Waals surface area contributed by atoms with Crippen LogP contribution in [-0.2, 0) is 0 Å². The Kier molecular flexibility index (Phi) is 3.62. The summed E-state index contributed by atoms with van der Waals surface area (Å²) in [6.07, 6.45) is 1.58. The van der Waals surface area contributed by atoms with E-state index in [1.165, 1.54) is 6.33 Å². The fraction of sp³-hybridized carbons (Fsp3) is 0.214. The van der Waals surface area contributed by atoms with Crippen molar-refractivity contribution in [2.45, 2.75) is 20.0 Å². The van der Waals surface area contributed by atoms with Crippen molar-refractivity contribution in [1.29, 1.82) is 0 Å². The first-order valence-corrected chi connectivity index (χ1v) is 6.89. The Balaban J connectivity index is 1.86. The smallest absolute Gasteiger partial charge is 0.255 e. The van der Waals surface area contributed by atoms with Crippen molar-refractivity contribution in [3.8, 4) is 5.75 Å². The lowest BCUT2D eigenvalue weighted by Crippen LogP contribution is -2.05. The van der Waals surface area contributed by atoms with E-state index >= 15 is 0 Å². The van der Waals surface area contributed by atoms with Gasteiger partial charge in [0.25, 0.3) is 5.78 Å². The number of aromatic nitrogens is 4. The fourth-order valence-electron chi connectivity index (χ4n) is 1.91. The molecule has 3 aromatic rings. The van der Waals surface area contributed by atoms with Gasteiger partial charge in [-0.15, -0.1) is 0 Å². The van der Waals surface area contributed by atoms with Gasteiger partial charge in [-0.1, -0.05) is 11.6 Å². The molecule has 2 heterocycles. The quantitative estimate of drug-likeness (QED) is 0.749. The van der Waals surface area contributed by atoms with Gasteiger partial charge in [0.05, 0.1) is 6.10 Å². The van der Waals surface area contributed by atoms with Crippen molar-refractivity contribution in [1.82, 2.24) is 19.6 Å². The number of nitrogens with one attached hydrogen (secondary N) is 1. The van der Waals surface area contributed by atoms with Crippen LogP contribution in [0.15, 0.2) is 36.7 Å². The van der Waals surface area contributed by atoms with Gasteiger partial charge in [-0.05, 0) is 38.1 Å². The molecule has 0 spiro atoms. The summed E-state index contributed by atoms with van der Waals surface area (Å²) < 4.78 is 7.20. The molecule has 0 aliphatic carbocycles. The summed E-state index contributed by atoms with van der Waals surface area (Å²) in [4.78, 5) is 8.10. The summed E-state index contributed by atoms with van der Waals surface area (Å²) in [5.41, 5.74) is 0.894. The number of nitrogens with zero attached hydrogens (tertiary/aromatic N) is 4. The first kappa shape index (κ1) is 13.6. The molecule has 0 bridgehead atoms. The molecular formula is C14H14ClN5O. The van der Waals surface area contributed by atoms with Gasteiger partial charge in [0, 0.05) is 11.8 Å². The monoisotopic (exact) mass is 303 g/mol. The molecule has 0 saturated heterocycles. The van der Waals surface area contributed by atoms with Gasteiger partial charge in [-0.3, -0.25) is 0 Å². The van der Waals surface area contributed by atoms with Crippen molar-refractivity contribution in [3.05, 3.63) is 41.8 Å². The summed E-state index contributed by atoms with van der Waals surface area (Å²) >= 11 is 5.98. The molecule has 0 aliphatic heterocycles. The topological polar surface area (TPSA) is 64.3 Å². The third kappa shape index (κ3) is 3.05. The van der Waals surface area contributed by atoms with E-state index in [0.717, 1.165) is 11.4 Å². The number of halogens is 1. The van der Waals surface area contributed by atoms with Gasteiger partial charge in [-0.2, -0.15) is 19.6 Å². The van der Waals surface area contributed by atoms with Gasteiger partial charge >= 0.3 is 0 Å². The average Bonchev–Trinajstić information content (AvgIpc) is 2.88. The van der Waals surface area contributed by atoms with E-state index in [2.05, 4.69) is 20.4 Å². The standard InChI is InChI=1S/C14H14ClN5O/c1-9(2)21-11-5-3-10(4-6-11)18-13-7-12(15)19-14-16-8-17-20(13)14/h3-9,18H,1-2H3. The Bertz CT molecular complexity index is 754. The van der Waals surface area contributed by atoms with Crippen LogP contribution in [0.4, 0.5) is 11.5 Å². The Morgan fingerprint density at radius 3 is 2.71 bits per heavy atom. The molecule has 0 amide bonds. The minimum Gasteiger partial charge on any atom is -0.491 e. The van der Waals surface area contributed by atoms with Crippen molar-refractivity contribution in [2.75, 3.05) is 5.32 Å². The highest BCUT2D eigenvalue weighted by Crippen LogP contribution is 2.22. The van der Waals surface area contributed by atoms with E-state index in [4.69, 9.17) is 16.3 Å². The minimum absolute atomic E-state index is 0.151. The predicted octanol–water partition coefficient (Wildman–Crippen LogP) is 3.31. The molecule has 0 unspecified atom stereocenters. The minimum atomic E-state index is 0.151. The molecule has 0 fully saturated rings. The van der Waals surface area contributed by atoms with Crippen LogP contribution in [0.5, 0.6) is 5.75 Å². The molecule has 108 valence electrons. The van der Waals surface area contributed by atoms with E-state index < -0.39 is 0 Å². The zero-order valence-electron chi connectivity index (χ0n) is 11.6. The predicted molar refractivity (Wildman–Crippen MR) is 81.3 cm³/mol. The number of rotatable bonds is 4. The Morgan fingerprint density at radius 1 is 1.24 bits per heavy atom. The second kappa shape index (κ2) is 5.57. The number of hydrogen-bond acceptors (Lipinski definition) is 5. The summed E-state index contributed by atoms with van der Waals surface area (Å²) in [6, 6.07) is 9.36. The van der Waals surface area contributed by atoms with Crippen LogP contribution in [0.25, 0.3) is 5.78 Å². The number of ether oxygens (including phenoxy) is 1. The Morgan fingerprint density at radius 2 is 2.00 bits per heavy atom. The first-order chi connectivity index (χ1) is 10.1. The van der Waals surface area contributed by atoms with Crippen LogP contribution in [0.3, 0.4) is 0 Å². The van der Waals surface area contributed by atoms with Gasteiger partial charge in [0.15, 0.2) is 0 Å². The van der Waals surface area contributed by atoms with Crippen LogP contribution in [0.1, 0.15) is 13.8 Å². The second-order valence-corrected chi connectivity index (χ2v) is 5.14. The summed E-state index contributed by atoms with van der Waals surface area (Å²) in [7, 11) is 0. The largest absolute Gasteiger partial charge is 0.491 e. The molecule has 1 aromatic carbocycles. The van der Waals surface area contributed by atoms with E-state index in [1.54, 1.807) is 10.6 Å². The van der Waals surface area contributed by atoms with Crippen LogP contribution in [-0.4, -0.2) is 25.7 Å². The van der Waals surface area contributed by atoms with Crippen LogP contribution < -0.4 is 10.1 Å².